The third-order valence-corrected chi connectivity index (χ3v) is 9.41. The van der Waals surface area contributed by atoms with Gasteiger partial charge in [-0.25, -0.2) is 9.18 Å². The van der Waals surface area contributed by atoms with Gasteiger partial charge in [0.15, 0.2) is 0 Å². The van der Waals surface area contributed by atoms with E-state index in [-0.39, 0.29) is 76.1 Å². The van der Waals surface area contributed by atoms with Crippen molar-refractivity contribution in [3.05, 3.63) is 64.9 Å². The Bertz CT molecular complexity index is 1590. The number of aliphatic hydroxyl groups excluding tert-OH is 2. The van der Waals surface area contributed by atoms with E-state index in [0.717, 1.165) is 30.0 Å². The van der Waals surface area contributed by atoms with Crippen LogP contribution < -0.4 is 10.6 Å². The molecule has 1 fully saturated rings. The summed E-state index contributed by atoms with van der Waals surface area (Å²) < 4.78 is 59.4. The van der Waals surface area contributed by atoms with Gasteiger partial charge < -0.3 is 20.0 Å². The standard InChI is InChI=1S/C29H30F4N4O4S/c1-4-22(40)37-16(2)10-35(11-17(37)3)26-20-9-21(29(31,32)33)23(18-5-7-19(30)8-6-18)25-24(20)36(27(41)34-26)12-28(13-38,14-39)15-42-25/h4-9,16-17,38-39H,1,10-15H2,2-3H3/t16-,17+. The minimum atomic E-state index is -4.83. The van der Waals surface area contributed by atoms with Gasteiger partial charge in [-0.3, -0.25) is 9.36 Å². The Morgan fingerprint density at radius 2 is 1.79 bits per heavy atom. The number of alkyl halides is 3. The van der Waals surface area contributed by atoms with Gasteiger partial charge in [-0.1, -0.05) is 18.7 Å². The van der Waals surface area contributed by atoms with Crippen LogP contribution in [-0.2, 0) is 17.5 Å². The van der Waals surface area contributed by atoms with Crippen LogP contribution in [0.1, 0.15) is 19.4 Å². The van der Waals surface area contributed by atoms with Crippen LogP contribution in [0.5, 0.6) is 0 Å². The van der Waals surface area contributed by atoms with Gasteiger partial charge in [0, 0.05) is 58.7 Å². The summed E-state index contributed by atoms with van der Waals surface area (Å²) in [6, 6.07) is 4.89. The molecular formula is C29H30F4N4O4S. The normalized spacial score (nSPS) is 20.5. The molecule has 0 saturated carbocycles. The molecule has 5 rings (SSSR count). The fourth-order valence-electron chi connectivity index (χ4n) is 5.93. The van der Waals surface area contributed by atoms with Crippen molar-refractivity contribution in [2.75, 3.05) is 37.0 Å². The van der Waals surface area contributed by atoms with Gasteiger partial charge in [0.25, 0.3) is 0 Å². The minimum absolute atomic E-state index is 0.0114. The number of aliphatic hydroxyl groups is 2. The summed E-state index contributed by atoms with van der Waals surface area (Å²) in [5.74, 6) is -0.835. The van der Waals surface area contributed by atoms with E-state index in [1.165, 1.54) is 22.8 Å². The Kier molecular flexibility index (Phi) is 7.88. The Balaban J connectivity index is 1.84. The minimum Gasteiger partial charge on any atom is -0.396 e. The van der Waals surface area contributed by atoms with E-state index in [1.54, 1.807) is 23.6 Å². The largest absolute Gasteiger partial charge is 0.417 e. The van der Waals surface area contributed by atoms with E-state index >= 15 is 0 Å². The zero-order valence-corrected chi connectivity index (χ0v) is 23.8. The quantitative estimate of drug-likeness (QED) is 0.336. The molecule has 42 heavy (non-hydrogen) atoms. The monoisotopic (exact) mass is 606 g/mol. The Morgan fingerprint density at radius 1 is 1.17 bits per heavy atom. The molecule has 2 aromatic carbocycles. The second-order valence-electron chi connectivity index (χ2n) is 11.0. The molecule has 224 valence electrons. The number of halogens is 4. The van der Waals surface area contributed by atoms with Crippen LogP contribution in [0.15, 0.2) is 52.7 Å². The lowest BCUT2D eigenvalue weighted by atomic mass is 9.92. The number of anilines is 1. The Hall–Kier alpha value is -3.42. The van der Waals surface area contributed by atoms with Gasteiger partial charge in [-0.05, 0) is 43.7 Å². The number of benzene rings is 2. The maximum Gasteiger partial charge on any atom is 0.417 e. The molecule has 2 aliphatic heterocycles. The molecule has 0 aliphatic carbocycles. The fraction of sp³-hybridized carbons (Fsp3) is 0.414. The molecular weight excluding hydrogens is 576 g/mol. The third-order valence-electron chi connectivity index (χ3n) is 7.97. The summed E-state index contributed by atoms with van der Waals surface area (Å²) in [6.45, 7) is 6.34. The number of thioether (sulfide) groups is 1. The smallest absolute Gasteiger partial charge is 0.396 e. The first-order valence-corrected chi connectivity index (χ1v) is 14.3. The molecule has 8 nitrogen and oxygen atoms in total. The van der Waals surface area contributed by atoms with Crippen molar-refractivity contribution in [3.63, 3.8) is 0 Å². The van der Waals surface area contributed by atoms with Gasteiger partial charge in [0.05, 0.1) is 24.3 Å². The SMILES string of the molecule is C=CC(=O)N1[C@H](C)CN(c2nc(=O)n3c4c(c(-c5ccc(F)cc5)c(C(F)(F)F)cc24)SCC(CO)(CO)C3)C[C@@H]1C. The summed E-state index contributed by atoms with van der Waals surface area (Å²) >= 11 is 1.00. The number of amides is 1. The van der Waals surface area contributed by atoms with Crippen LogP contribution in [0, 0.1) is 11.2 Å². The van der Waals surface area contributed by atoms with Crippen molar-refractivity contribution in [2.24, 2.45) is 5.41 Å². The molecule has 3 heterocycles. The van der Waals surface area contributed by atoms with Gasteiger partial charge in [-0.15, -0.1) is 11.8 Å². The maximum atomic E-state index is 14.8. The number of aromatic nitrogens is 2. The van der Waals surface area contributed by atoms with Crippen molar-refractivity contribution in [1.82, 2.24) is 14.5 Å². The summed E-state index contributed by atoms with van der Waals surface area (Å²) in [5.41, 5.74) is -2.88. The molecule has 0 unspecified atom stereocenters. The highest BCUT2D eigenvalue weighted by Crippen LogP contribution is 2.49. The van der Waals surface area contributed by atoms with E-state index in [0.29, 0.717) is 0 Å². The van der Waals surface area contributed by atoms with Crippen LogP contribution in [0.4, 0.5) is 23.4 Å². The van der Waals surface area contributed by atoms with Crippen molar-refractivity contribution in [1.29, 1.82) is 0 Å². The number of carbonyl (C=O) groups is 1. The number of nitrogens with zero attached hydrogens (tertiary/aromatic N) is 4. The lowest BCUT2D eigenvalue weighted by molar-refractivity contribution is -0.137. The predicted molar refractivity (Wildman–Crippen MR) is 152 cm³/mol. The third kappa shape index (κ3) is 5.07. The van der Waals surface area contributed by atoms with E-state index in [2.05, 4.69) is 11.6 Å². The zero-order valence-electron chi connectivity index (χ0n) is 23.0. The first kappa shape index (κ1) is 30.1. The van der Waals surface area contributed by atoms with Crippen molar-refractivity contribution >= 4 is 34.4 Å². The molecule has 1 saturated heterocycles. The van der Waals surface area contributed by atoms with Gasteiger partial charge in [0.2, 0.25) is 5.91 Å². The van der Waals surface area contributed by atoms with Crippen molar-refractivity contribution in [2.45, 2.75) is 43.5 Å². The molecule has 2 aliphatic rings. The summed E-state index contributed by atoms with van der Waals surface area (Å²) in [6.07, 6.45) is -3.63. The number of hydrogen-bond donors (Lipinski definition) is 2. The number of piperazine rings is 1. The average molecular weight is 607 g/mol. The highest BCUT2D eigenvalue weighted by molar-refractivity contribution is 7.99. The molecule has 1 aromatic heterocycles. The lowest BCUT2D eigenvalue weighted by Crippen LogP contribution is -2.58. The van der Waals surface area contributed by atoms with E-state index in [1.807, 2.05) is 0 Å². The first-order valence-electron chi connectivity index (χ1n) is 13.3. The number of carbonyl (C=O) groups excluding carboxylic acids is 1. The molecule has 3 aromatic rings. The summed E-state index contributed by atoms with van der Waals surface area (Å²) in [7, 11) is 0. The first-order chi connectivity index (χ1) is 19.8. The topological polar surface area (TPSA) is 98.9 Å². The molecule has 0 bridgehead atoms. The molecule has 13 heteroatoms. The van der Waals surface area contributed by atoms with Crippen LogP contribution >= 0.6 is 11.8 Å². The second-order valence-corrected chi connectivity index (χ2v) is 12.0. The Morgan fingerprint density at radius 3 is 2.33 bits per heavy atom. The van der Waals surface area contributed by atoms with E-state index in [4.69, 9.17) is 0 Å². The Labute approximate surface area is 243 Å². The van der Waals surface area contributed by atoms with Gasteiger partial charge in [0.1, 0.15) is 11.6 Å². The summed E-state index contributed by atoms with van der Waals surface area (Å²) in [4.78, 5) is 33.8. The van der Waals surface area contributed by atoms with Crippen LogP contribution in [-0.4, -0.2) is 74.7 Å². The lowest BCUT2D eigenvalue weighted by Gasteiger charge is -2.44. The average Bonchev–Trinajstić information content (AvgIpc) is 3.13. The van der Waals surface area contributed by atoms with E-state index in [9.17, 15) is 37.4 Å². The highest BCUT2D eigenvalue weighted by Gasteiger charge is 2.41. The van der Waals surface area contributed by atoms with Crippen molar-refractivity contribution < 1.29 is 32.6 Å². The van der Waals surface area contributed by atoms with Crippen LogP contribution in [0.2, 0.25) is 0 Å². The van der Waals surface area contributed by atoms with Crippen LogP contribution in [0.25, 0.3) is 22.0 Å². The summed E-state index contributed by atoms with van der Waals surface area (Å²) in [5, 5.41) is 20.5. The molecule has 0 radical (unpaired) electrons. The highest BCUT2D eigenvalue weighted by atomic mass is 32.2. The number of hydrogen-bond acceptors (Lipinski definition) is 7. The molecule has 1 amide bonds. The van der Waals surface area contributed by atoms with Gasteiger partial charge >= 0.3 is 11.9 Å². The molecule has 0 spiro atoms. The predicted octanol–water partition coefficient (Wildman–Crippen LogP) is 3.91. The van der Waals surface area contributed by atoms with Crippen LogP contribution in [0.3, 0.4) is 0 Å². The zero-order chi connectivity index (χ0) is 30.6. The maximum absolute atomic E-state index is 14.8. The fourth-order valence-corrected chi connectivity index (χ4v) is 7.38. The second kappa shape index (κ2) is 11.0. The van der Waals surface area contributed by atoms with Gasteiger partial charge in [-0.2, -0.15) is 18.2 Å². The molecule has 2 N–H and O–H groups in total. The molecule has 2 atom stereocenters. The number of rotatable bonds is 5. The van der Waals surface area contributed by atoms with E-state index < -0.39 is 41.9 Å². The van der Waals surface area contributed by atoms with Crippen molar-refractivity contribution in [3.8, 4) is 11.1 Å².